The van der Waals surface area contributed by atoms with Crippen LogP contribution in [-0.2, 0) is 17.8 Å². The van der Waals surface area contributed by atoms with Gasteiger partial charge in [-0.3, -0.25) is 9.59 Å². The third-order valence-corrected chi connectivity index (χ3v) is 4.13. The zero-order valence-corrected chi connectivity index (χ0v) is 11.6. The van der Waals surface area contributed by atoms with E-state index in [-0.39, 0.29) is 17.9 Å². The fourth-order valence-electron chi connectivity index (χ4n) is 2.98. The van der Waals surface area contributed by atoms with Crippen molar-refractivity contribution in [1.82, 2.24) is 10.2 Å². The Morgan fingerprint density at radius 1 is 1.40 bits per heavy atom. The standard InChI is InChI=1S/C16H18N2O2/c1-3-11-4-5-13-12(8-11)9-18(16(13)20)14-6-7-15(19)17-10(14)2/h4-5,8,14H,2-3,6-7,9H2,1H3,(H,17,19). The molecule has 0 spiro atoms. The van der Waals surface area contributed by atoms with Gasteiger partial charge in [0.25, 0.3) is 5.91 Å². The van der Waals surface area contributed by atoms with Gasteiger partial charge in [0.1, 0.15) is 0 Å². The quantitative estimate of drug-likeness (QED) is 0.893. The highest BCUT2D eigenvalue weighted by Gasteiger charge is 2.36. The summed E-state index contributed by atoms with van der Waals surface area (Å²) in [6.45, 7) is 6.61. The van der Waals surface area contributed by atoms with Crippen LogP contribution in [0, 0.1) is 0 Å². The molecule has 20 heavy (non-hydrogen) atoms. The third-order valence-electron chi connectivity index (χ3n) is 4.13. The van der Waals surface area contributed by atoms with Crippen LogP contribution in [-0.4, -0.2) is 22.8 Å². The molecule has 3 rings (SSSR count). The molecule has 4 heteroatoms. The second-order valence-corrected chi connectivity index (χ2v) is 5.41. The van der Waals surface area contributed by atoms with Crippen molar-refractivity contribution in [3.05, 3.63) is 47.2 Å². The van der Waals surface area contributed by atoms with Gasteiger partial charge in [0.05, 0.1) is 6.04 Å². The van der Waals surface area contributed by atoms with E-state index >= 15 is 0 Å². The van der Waals surface area contributed by atoms with Gasteiger partial charge in [0.2, 0.25) is 5.91 Å². The summed E-state index contributed by atoms with van der Waals surface area (Å²) in [5.74, 6) is 0.0358. The van der Waals surface area contributed by atoms with E-state index in [1.807, 2.05) is 17.0 Å². The summed E-state index contributed by atoms with van der Waals surface area (Å²) in [7, 11) is 0. The average Bonchev–Trinajstić information content (AvgIpc) is 2.75. The molecule has 4 nitrogen and oxygen atoms in total. The molecule has 1 saturated heterocycles. The molecule has 1 fully saturated rings. The summed E-state index contributed by atoms with van der Waals surface area (Å²) in [5, 5.41) is 2.75. The Hall–Kier alpha value is -2.10. The number of nitrogens with one attached hydrogen (secondary N) is 1. The minimum absolute atomic E-state index is 0.0105. The van der Waals surface area contributed by atoms with E-state index in [1.165, 1.54) is 5.56 Å². The van der Waals surface area contributed by atoms with Gasteiger partial charge in [0, 0.05) is 24.2 Å². The fraction of sp³-hybridized carbons (Fsp3) is 0.375. The number of amides is 2. The number of benzene rings is 1. The Kier molecular flexibility index (Phi) is 3.08. The smallest absolute Gasteiger partial charge is 0.255 e. The van der Waals surface area contributed by atoms with Crippen LogP contribution in [0.2, 0.25) is 0 Å². The van der Waals surface area contributed by atoms with Crippen LogP contribution in [0.4, 0.5) is 0 Å². The van der Waals surface area contributed by atoms with E-state index in [0.29, 0.717) is 25.1 Å². The first-order chi connectivity index (χ1) is 9.60. The van der Waals surface area contributed by atoms with E-state index in [4.69, 9.17) is 0 Å². The van der Waals surface area contributed by atoms with Crippen molar-refractivity contribution >= 4 is 11.8 Å². The predicted molar refractivity (Wildman–Crippen MR) is 76.0 cm³/mol. The van der Waals surface area contributed by atoms with Crippen molar-refractivity contribution in [3.8, 4) is 0 Å². The number of nitrogens with zero attached hydrogens (tertiary/aromatic N) is 1. The Morgan fingerprint density at radius 2 is 2.20 bits per heavy atom. The molecule has 0 aromatic heterocycles. The Balaban J connectivity index is 1.86. The first-order valence-corrected chi connectivity index (χ1v) is 7.01. The molecule has 2 aliphatic rings. The molecule has 0 bridgehead atoms. The van der Waals surface area contributed by atoms with E-state index in [2.05, 4.69) is 24.9 Å². The topological polar surface area (TPSA) is 49.4 Å². The van der Waals surface area contributed by atoms with Crippen LogP contribution in [0.3, 0.4) is 0 Å². The molecule has 104 valence electrons. The van der Waals surface area contributed by atoms with Crippen molar-refractivity contribution in [3.63, 3.8) is 0 Å². The number of aryl methyl sites for hydroxylation is 1. The van der Waals surface area contributed by atoms with Crippen LogP contribution in [0.1, 0.15) is 41.3 Å². The highest BCUT2D eigenvalue weighted by Crippen LogP contribution is 2.30. The van der Waals surface area contributed by atoms with E-state index in [1.54, 1.807) is 0 Å². The van der Waals surface area contributed by atoms with Gasteiger partial charge in [-0.05, 0) is 30.0 Å². The van der Waals surface area contributed by atoms with Crippen molar-refractivity contribution < 1.29 is 9.59 Å². The lowest BCUT2D eigenvalue weighted by molar-refractivity contribution is -0.121. The normalized spacial score (nSPS) is 21.9. The fourth-order valence-corrected chi connectivity index (χ4v) is 2.98. The molecule has 1 aromatic carbocycles. The van der Waals surface area contributed by atoms with Crippen molar-refractivity contribution in [2.45, 2.75) is 38.8 Å². The maximum atomic E-state index is 12.5. The molecule has 1 atom stereocenters. The predicted octanol–water partition coefficient (Wildman–Crippen LogP) is 2.00. The van der Waals surface area contributed by atoms with Crippen LogP contribution in [0.25, 0.3) is 0 Å². The lowest BCUT2D eigenvalue weighted by Gasteiger charge is -2.32. The molecule has 2 heterocycles. The van der Waals surface area contributed by atoms with Gasteiger partial charge in [-0.25, -0.2) is 0 Å². The Bertz CT molecular complexity index is 606. The summed E-state index contributed by atoms with van der Waals surface area (Å²) in [6.07, 6.45) is 2.07. The van der Waals surface area contributed by atoms with Gasteiger partial charge in [-0.1, -0.05) is 25.6 Å². The summed E-state index contributed by atoms with van der Waals surface area (Å²) >= 11 is 0. The maximum Gasteiger partial charge on any atom is 0.255 e. The lowest BCUT2D eigenvalue weighted by atomic mass is 10.0. The van der Waals surface area contributed by atoms with Gasteiger partial charge in [0.15, 0.2) is 0 Å². The van der Waals surface area contributed by atoms with E-state index < -0.39 is 0 Å². The van der Waals surface area contributed by atoms with Crippen molar-refractivity contribution in [2.24, 2.45) is 0 Å². The number of hydrogen-bond donors (Lipinski definition) is 1. The van der Waals surface area contributed by atoms with Crippen LogP contribution < -0.4 is 5.32 Å². The molecule has 1 N–H and O–H groups in total. The molecule has 0 aliphatic carbocycles. The second kappa shape index (κ2) is 4.78. The lowest BCUT2D eigenvalue weighted by Crippen LogP contribution is -2.45. The summed E-state index contributed by atoms with van der Waals surface area (Å²) in [4.78, 5) is 25.7. The summed E-state index contributed by atoms with van der Waals surface area (Å²) in [5.41, 5.74) is 3.75. The minimum atomic E-state index is -0.0855. The first kappa shape index (κ1) is 12.9. The largest absolute Gasteiger partial charge is 0.328 e. The van der Waals surface area contributed by atoms with Gasteiger partial charge < -0.3 is 10.2 Å². The zero-order chi connectivity index (χ0) is 14.3. The highest BCUT2D eigenvalue weighted by atomic mass is 16.2. The van der Waals surface area contributed by atoms with Crippen LogP contribution >= 0.6 is 0 Å². The molecule has 2 amide bonds. The van der Waals surface area contributed by atoms with Crippen molar-refractivity contribution in [2.75, 3.05) is 0 Å². The number of carbonyl (C=O) groups excluding carboxylic acids is 2. The number of carbonyl (C=O) groups is 2. The molecule has 0 radical (unpaired) electrons. The van der Waals surface area contributed by atoms with Crippen molar-refractivity contribution in [1.29, 1.82) is 0 Å². The number of hydrogen-bond acceptors (Lipinski definition) is 2. The van der Waals surface area contributed by atoms with Crippen LogP contribution in [0.15, 0.2) is 30.5 Å². The molecule has 1 unspecified atom stereocenters. The number of fused-ring (bicyclic) bond motifs is 1. The third kappa shape index (κ3) is 2.01. The maximum absolute atomic E-state index is 12.5. The van der Waals surface area contributed by atoms with Gasteiger partial charge >= 0.3 is 0 Å². The second-order valence-electron chi connectivity index (χ2n) is 5.41. The number of piperidine rings is 1. The summed E-state index contributed by atoms with van der Waals surface area (Å²) < 4.78 is 0. The van der Waals surface area contributed by atoms with Gasteiger partial charge in [-0.15, -0.1) is 0 Å². The molecule has 0 saturated carbocycles. The zero-order valence-electron chi connectivity index (χ0n) is 11.6. The average molecular weight is 270 g/mol. The monoisotopic (exact) mass is 270 g/mol. The van der Waals surface area contributed by atoms with Gasteiger partial charge in [-0.2, -0.15) is 0 Å². The molecule has 1 aromatic rings. The Morgan fingerprint density at radius 3 is 2.90 bits per heavy atom. The Labute approximate surface area is 118 Å². The molecular weight excluding hydrogens is 252 g/mol. The molecular formula is C16H18N2O2. The summed E-state index contributed by atoms with van der Waals surface area (Å²) in [6, 6.07) is 5.95. The SMILES string of the molecule is C=C1NC(=O)CCC1N1Cc2cc(CC)ccc2C1=O. The van der Waals surface area contributed by atoms with E-state index in [0.717, 1.165) is 17.5 Å². The first-order valence-electron chi connectivity index (χ1n) is 7.01. The van der Waals surface area contributed by atoms with E-state index in [9.17, 15) is 9.59 Å². The number of rotatable bonds is 2. The minimum Gasteiger partial charge on any atom is -0.328 e. The highest BCUT2D eigenvalue weighted by molar-refractivity contribution is 5.99. The molecule has 2 aliphatic heterocycles. The van der Waals surface area contributed by atoms with Crippen LogP contribution in [0.5, 0.6) is 0 Å².